The van der Waals surface area contributed by atoms with Gasteiger partial charge in [-0.1, -0.05) is 18.2 Å². The van der Waals surface area contributed by atoms with Crippen LogP contribution in [0.5, 0.6) is 0 Å². The number of hydrogen-bond donors (Lipinski definition) is 1. The van der Waals surface area contributed by atoms with Crippen molar-refractivity contribution in [2.75, 3.05) is 6.61 Å². The first-order chi connectivity index (χ1) is 10.3. The molecule has 3 aromatic rings. The fourth-order valence-corrected chi connectivity index (χ4v) is 2.47. The quantitative estimate of drug-likeness (QED) is 0.735. The van der Waals surface area contributed by atoms with Crippen LogP contribution in [-0.2, 0) is 11.2 Å². The van der Waals surface area contributed by atoms with Crippen LogP contribution in [-0.4, -0.2) is 17.6 Å². The Hall–Kier alpha value is -2.55. The molecular weight excluding hydrogens is 262 g/mol. The van der Waals surface area contributed by atoms with Gasteiger partial charge in [0.05, 0.1) is 12.2 Å². The minimum absolute atomic E-state index is 0.263. The van der Waals surface area contributed by atoms with E-state index in [1.807, 2.05) is 31.3 Å². The summed E-state index contributed by atoms with van der Waals surface area (Å²) < 4.78 is 5.04. The molecule has 0 unspecified atom stereocenters. The Morgan fingerprint density at radius 1 is 1.10 bits per heavy atom. The van der Waals surface area contributed by atoms with E-state index >= 15 is 0 Å². The predicted octanol–water partition coefficient (Wildman–Crippen LogP) is 3.94. The Balaban J connectivity index is 1.83. The van der Waals surface area contributed by atoms with Crippen molar-refractivity contribution in [1.82, 2.24) is 4.98 Å². The topological polar surface area (TPSA) is 42.1 Å². The molecule has 21 heavy (non-hydrogen) atoms. The summed E-state index contributed by atoms with van der Waals surface area (Å²) in [5.41, 5.74) is 4.08. The third-order valence-electron chi connectivity index (χ3n) is 3.46. The van der Waals surface area contributed by atoms with Crippen molar-refractivity contribution in [1.29, 1.82) is 0 Å². The van der Waals surface area contributed by atoms with Gasteiger partial charge < -0.3 is 9.72 Å². The number of H-pyrrole nitrogens is 1. The van der Waals surface area contributed by atoms with Crippen LogP contribution in [0.2, 0.25) is 0 Å². The first-order valence-corrected chi connectivity index (χ1v) is 7.08. The van der Waals surface area contributed by atoms with Gasteiger partial charge in [-0.3, -0.25) is 0 Å². The van der Waals surface area contributed by atoms with Crippen LogP contribution in [0.4, 0.5) is 0 Å². The van der Waals surface area contributed by atoms with Crippen LogP contribution in [0.25, 0.3) is 10.9 Å². The molecule has 0 amide bonds. The standard InChI is InChI=1S/C18H17NO2/c1-2-21-18(20)16-5-3-4-13(12-16)10-14-6-7-17-15(11-14)8-9-19-17/h3-9,11-12,19H,2,10H2,1H3. The Bertz CT molecular complexity index is 773. The molecule has 3 heteroatoms. The monoisotopic (exact) mass is 279 g/mol. The molecule has 0 bridgehead atoms. The molecule has 0 fully saturated rings. The third kappa shape index (κ3) is 2.97. The van der Waals surface area contributed by atoms with Crippen molar-refractivity contribution in [3.63, 3.8) is 0 Å². The van der Waals surface area contributed by atoms with Gasteiger partial charge in [0.25, 0.3) is 0 Å². The molecule has 3 nitrogen and oxygen atoms in total. The summed E-state index contributed by atoms with van der Waals surface area (Å²) >= 11 is 0. The van der Waals surface area contributed by atoms with Gasteiger partial charge in [0.15, 0.2) is 0 Å². The lowest BCUT2D eigenvalue weighted by Crippen LogP contribution is -2.05. The Kier molecular flexibility index (Phi) is 3.73. The fraction of sp³-hybridized carbons (Fsp3) is 0.167. The van der Waals surface area contributed by atoms with Crippen molar-refractivity contribution in [3.05, 3.63) is 71.4 Å². The highest BCUT2D eigenvalue weighted by molar-refractivity contribution is 5.89. The average Bonchev–Trinajstić information content (AvgIpc) is 2.95. The lowest BCUT2D eigenvalue weighted by atomic mass is 10.0. The molecule has 1 aromatic heterocycles. The minimum Gasteiger partial charge on any atom is -0.462 e. The first-order valence-electron chi connectivity index (χ1n) is 7.08. The molecule has 0 aliphatic rings. The molecule has 0 saturated heterocycles. The Labute approximate surface area is 123 Å². The van der Waals surface area contributed by atoms with Crippen LogP contribution in [0.3, 0.4) is 0 Å². The predicted molar refractivity (Wildman–Crippen MR) is 83.5 cm³/mol. The number of benzene rings is 2. The third-order valence-corrected chi connectivity index (χ3v) is 3.46. The van der Waals surface area contributed by atoms with Crippen LogP contribution >= 0.6 is 0 Å². The van der Waals surface area contributed by atoms with Gasteiger partial charge in [0, 0.05) is 11.7 Å². The number of rotatable bonds is 4. The number of aromatic amines is 1. The number of esters is 1. The lowest BCUT2D eigenvalue weighted by Gasteiger charge is -2.06. The molecule has 0 atom stereocenters. The zero-order valence-corrected chi connectivity index (χ0v) is 11.9. The van der Waals surface area contributed by atoms with E-state index < -0.39 is 0 Å². The van der Waals surface area contributed by atoms with Gasteiger partial charge in [-0.25, -0.2) is 4.79 Å². The van der Waals surface area contributed by atoms with Crippen LogP contribution in [0.1, 0.15) is 28.4 Å². The summed E-state index contributed by atoms with van der Waals surface area (Å²) in [5.74, 6) is -0.263. The maximum absolute atomic E-state index is 11.8. The number of aromatic nitrogens is 1. The molecule has 1 heterocycles. The van der Waals surface area contributed by atoms with E-state index in [1.165, 1.54) is 10.9 Å². The number of ether oxygens (including phenoxy) is 1. The van der Waals surface area contributed by atoms with E-state index in [0.29, 0.717) is 12.2 Å². The van der Waals surface area contributed by atoms with Crippen molar-refractivity contribution >= 4 is 16.9 Å². The van der Waals surface area contributed by atoms with Crippen LogP contribution in [0, 0.1) is 0 Å². The summed E-state index contributed by atoms with van der Waals surface area (Å²) in [6.45, 7) is 2.21. The summed E-state index contributed by atoms with van der Waals surface area (Å²) in [6, 6.07) is 16.0. The van der Waals surface area contributed by atoms with Crippen LogP contribution < -0.4 is 0 Å². The molecule has 0 aliphatic carbocycles. The van der Waals surface area contributed by atoms with Gasteiger partial charge in [0.1, 0.15) is 0 Å². The fourth-order valence-electron chi connectivity index (χ4n) is 2.47. The molecule has 0 radical (unpaired) electrons. The number of carbonyl (C=O) groups excluding carboxylic acids is 1. The SMILES string of the molecule is CCOC(=O)c1cccc(Cc2ccc3[nH]ccc3c2)c1. The minimum atomic E-state index is -0.263. The maximum atomic E-state index is 11.8. The molecule has 0 spiro atoms. The van der Waals surface area contributed by atoms with Crippen molar-refractivity contribution < 1.29 is 9.53 Å². The van der Waals surface area contributed by atoms with E-state index in [1.54, 1.807) is 6.07 Å². The molecule has 2 aromatic carbocycles. The Morgan fingerprint density at radius 3 is 2.81 bits per heavy atom. The number of nitrogens with one attached hydrogen (secondary N) is 1. The van der Waals surface area contributed by atoms with Crippen molar-refractivity contribution in [3.8, 4) is 0 Å². The summed E-state index contributed by atoms with van der Waals surface area (Å²) in [5, 5.41) is 1.20. The van der Waals surface area contributed by atoms with Gasteiger partial charge >= 0.3 is 5.97 Å². The highest BCUT2D eigenvalue weighted by Crippen LogP contribution is 2.18. The van der Waals surface area contributed by atoms with Gasteiger partial charge in [0.2, 0.25) is 0 Å². The smallest absolute Gasteiger partial charge is 0.338 e. The highest BCUT2D eigenvalue weighted by atomic mass is 16.5. The largest absolute Gasteiger partial charge is 0.462 e. The highest BCUT2D eigenvalue weighted by Gasteiger charge is 2.07. The van der Waals surface area contributed by atoms with Gasteiger partial charge in [-0.15, -0.1) is 0 Å². The van der Waals surface area contributed by atoms with Gasteiger partial charge in [-0.05, 0) is 60.2 Å². The second kappa shape index (κ2) is 5.83. The normalized spacial score (nSPS) is 10.7. The zero-order valence-electron chi connectivity index (χ0n) is 11.9. The Morgan fingerprint density at radius 2 is 1.95 bits per heavy atom. The average molecular weight is 279 g/mol. The molecule has 3 rings (SSSR count). The van der Waals surface area contributed by atoms with Crippen LogP contribution in [0.15, 0.2) is 54.7 Å². The second-order valence-corrected chi connectivity index (χ2v) is 5.00. The second-order valence-electron chi connectivity index (χ2n) is 5.00. The zero-order chi connectivity index (χ0) is 14.7. The molecule has 0 aliphatic heterocycles. The number of carbonyl (C=O) groups is 1. The molecular formula is C18H17NO2. The molecule has 0 saturated carbocycles. The number of fused-ring (bicyclic) bond motifs is 1. The lowest BCUT2D eigenvalue weighted by molar-refractivity contribution is 0.0526. The van der Waals surface area contributed by atoms with E-state index in [0.717, 1.165) is 17.5 Å². The molecule has 1 N–H and O–H groups in total. The molecule has 106 valence electrons. The van der Waals surface area contributed by atoms with Crippen molar-refractivity contribution in [2.24, 2.45) is 0 Å². The number of hydrogen-bond acceptors (Lipinski definition) is 2. The van der Waals surface area contributed by atoms with E-state index in [2.05, 4.69) is 29.2 Å². The summed E-state index contributed by atoms with van der Waals surface area (Å²) in [6.07, 6.45) is 2.74. The summed E-state index contributed by atoms with van der Waals surface area (Å²) in [4.78, 5) is 15.0. The first kappa shape index (κ1) is 13.4. The maximum Gasteiger partial charge on any atom is 0.338 e. The summed E-state index contributed by atoms with van der Waals surface area (Å²) in [7, 11) is 0. The van der Waals surface area contributed by atoms with Gasteiger partial charge in [-0.2, -0.15) is 0 Å². The van der Waals surface area contributed by atoms with E-state index in [4.69, 9.17) is 4.74 Å². The van der Waals surface area contributed by atoms with E-state index in [9.17, 15) is 4.79 Å². The van der Waals surface area contributed by atoms with Crippen molar-refractivity contribution in [2.45, 2.75) is 13.3 Å². The van der Waals surface area contributed by atoms with E-state index in [-0.39, 0.29) is 5.97 Å².